The Morgan fingerprint density at radius 2 is 2.25 bits per heavy atom. The fourth-order valence-electron chi connectivity index (χ4n) is 0.587. The van der Waals surface area contributed by atoms with Gasteiger partial charge in [-0.15, -0.1) is 0 Å². The van der Waals surface area contributed by atoms with Crippen molar-refractivity contribution in [3.63, 3.8) is 0 Å². The van der Waals surface area contributed by atoms with E-state index in [1.54, 1.807) is 0 Å². The van der Waals surface area contributed by atoms with Gasteiger partial charge in [-0.1, -0.05) is 0 Å². The summed E-state index contributed by atoms with van der Waals surface area (Å²) in [6, 6.07) is 0. The first-order chi connectivity index (χ1) is 5.63. The van der Waals surface area contributed by atoms with Crippen LogP contribution in [-0.2, 0) is 31.7 Å². The van der Waals surface area contributed by atoms with E-state index in [0.717, 1.165) is 0 Å². The molecule has 0 aromatic heterocycles. The number of hydrogen-bond acceptors (Lipinski definition) is 4. The molecule has 0 amide bonds. The minimum atomic E-state index is -1.11. The summed E-state index contributed by atoms with van der Waals surface area (Å²) in [5, 5.41) is 8.55. The van der Waals surface area contributed by atoms with Crippen molar-refractivity contribution in [1.82, 2.24) is 4.06 Å². The molecule has 5 nitrogen and oxygen atoms in total. The zero-order chi connectivity index (χ0) is 9.40. The fourth-order valence-corrected chi connectivity index (χ4v) is 2.23. The third kappa shape index (κ3) is 9.52. The average molecular weight is 227 g/mol. The van der Waals surface area contributed by atoms with Crippen LogP contribution in [0.3, 0.4) is 0 Å². The van der Waals surface area contributed by atoms with Gasteiger partial charge in [0.1, 0.15) is 0 Å². The van der Waals surface area contributed by atoms with Crippen molar-refractivity contribution in [3.05, 3.63) is 0 Å². The van der Waals surface area contributed by atoms with Crippen molar-refractivity contribution in [2.75, 3.05) is 13.2 Å². The molecule has 0 radical (unpaired) electrons. The van der Waals surface area contributed by atoms with Crippen molar-refractivity contribution in [2.24, 2.45) is 0 Å². The van der Waals surface area contributed by atoms with Gasteiger partial charge in [0.15, 0.2) is 0 Å². The van der Waals surface area contributed by atoms with Gasteiger partial charge in [0.25, 0.3) is 0 Å². The molecule has 0 aromatic rings. The molecule has 0 bridgehead atoms. The number of carbonyl (C=O) groups excluding carboxylic acids is 1. The van der Waals surface area contributed by atoms with E-state index in [1.807, 2.05) is 0 Å². The van der Waals surface area contributed by atoms with Crippen LogP contribution in [0.15, 0.2) is 0 Å². The zero-order valence-electron chi connectivity index (χ0n) is 7.00. The number of rotatable bonds is 6. The van der Waals surface area contributed by atoms with Gasteiger partial charge in [0.05, 0.1) is 0 Å². The number of carboxylic acids is 1. The Morgan fingerprint density at radius 1 is 1.58 bits per heavy atom. The molecule has 0 aromatic carbocycles. The summed E-state index contributed by atoms with van der Waals surface area (Å²) in [7, 11) is 0. The predicted octanol–water partition coefficient (Wildman–Crippen LogP) is -0.361. The number of carbonyl (C=O) groups is 2. The Balaban J connectivity index is 3.01. The van der Waals surface area contributed by atoms with E-state index in [1.165, 1.54) is 6.92 Å². The number of hydrogen-bond donors (Lipinski definition) is 2. The molecule has 0 aliphatic heterocycles. The van der Waals surface area contributed by atoms with E-state index >= 15 is 0 Å². The molecule has 0 fully saturated rings. The molecule has 0 heterocycles. The van der Waals surface area contributed by atoms with Crippen LogP contribution in [-0.4, -0.2) is 30.2 Å². The molecular weight excluding hydrogens is 215 g/mol. The molecule has 2 N–H and O–H groups in total. The van der Waals surface area contributed by atoms with Crippen LogP contribution in [0.4, 0.5) is 0 Å². The molecule has 0 saturated carbocycles. The standard InChI is InChI=1S/C4H8NO2.C2H3O2.Zn/c1-4(6)7-3-2-5;1-2(3)4;/h5H,2-3H2,1H3;1H2,(H,3,4);/q-1;;+1. The second kappa shape index (κ2) is 7.19. The van der Waals surface area contributed by atoms with Crippen molar-refractivity contribution in [2.45, 2.75) is 11.9 Å². The van der Waals surface area contributed by atoms with Crippen molar-refractivity contribution in [1.29, 1.82) is 0 Å². The third-order valence-electron chi connectivity index (χ3n) is 1.10. The summed E-state index contributed by atoms with van der Waals surface area (Å²) in [6.45, 7) is 2.26. The number of aliphatic carboxylic acids is 1. The third-order valence-corrected chi connectivity index (χ3v) is 4.01. The fraction of sp³-hybridized carbons (Fsp3) is 0.667. The van der Waals surface area contributed by atoms with Crippen LogP contribution in [0, 0.1) is 0 Å². The number of esters is 1. The van der Waals surface area contributed by atoms with Crippen molar-refractivity contribution < 1.29 is 36.8 Å². The van der Waals surface area contributed by atoms with Gasteiger partial charge in [-0.3, -0.25) is 0 Å². The first kappa shape index (κ1) is 11.5. The first-order valence-corrected chi connectivity index (χ1v) is 7.27. The van der Waals surface area contributed by atoms with E-state index in [0.29, 0.717) is 13.2 Å². The maximum absolute atomic E-state index is 10.3. The van der Waals surface area contributed by atoms with Gasteiger partial charge in [0.2, 0.25) is 0 Å². The molecule has 0 atom stereocenters. The first-order valence-electron chi connectivity index (χ1n) is 3.69. The summed E-state index contributed by atoms with van der Waals surface area (Å²) in [5.41, 5.74) is 0. The Morgan fingerprint density at radius 3 is 2.75 bits per heavy atom. The van der Waals surface area contributed by atoms with E-state index in [9.17, 15) is 9.59 Å². The molecule has 66 valence electrons. The van der Waals surface area contributed by atoms with Gasteiger partial charge in [-0.2, -0.15) is 0 Å². The van der Waals surface area contributed by atoms with Crippen molar-refractivity contribution in [3.8, 4) is 0 Å². The summed E-state index contributed by atoms with van der Waals surface area (Å²) >= 11 is -1.11. The molecule has 0 rings (SSSR count). The molecule has 12 heavy (non-hydrogen) atoms. The molecule has 6 heteroatoms. The van der Waals surface area contributed by atoms with Crippen LogP contribution < -0.4 is 4.06 Å². The molecule has 0 saturated heterocycles. The molecule has 0 spiro atoms. The van der Waals surface area contributed by atoms with Gasteiger partial charge in [-0.25, -0.2) is 0 Å². The van der Waals surface area contributed by atoms with Crippen LogP contribution in [0.25, 0.3) is 0 Å². The van der Waals surface area contributed by atoms with Crippen molar-refractivity contribution >= 4 is 11.9 Å². The van der Waals surface area contributed by atoms with E-state index in [2.05, 4.69) is 8.80 Å². The monoisotopic (exact) mass is 225 g/mol. The predicted molar refractivity (Wildman–Crippen MR) is 37.1 cm³/mol. The van der Waals surface area contributed by atoms with Gasteiger partial charge < -0.3 is 0 Å². The topological polar surface area (TPSA) is 75.6 Å². The minimum absolute atomic E-state index is 0.271. The van der Waals surface area contributed by atoms with Crippen LogP contribution in [0.5, 0.6) is 0 Å². The summed E-state index contributed by atoms with van der Waals surface area (Å²) in [4.78, 5) is 20.3. The molecule has 0 unspecified atom stereocenters. The van der Waals surface area contributed by atoms with E-state index in [4.69, 9.17) is 5.11 Å². The average Bonchev–Trinajstić information content (AvgIpc) is 1.95. The Bertz CT molecular complexity index is 144. The molecular formula is C6H11NO4Zn. The quantitative estimate of drug-likeness (QED) is 0.368. The zero-order valence-corrected chi connectivity index (χ0v) is 9.97. The van der Waals surface area contributed by atoms with Gasteiger partial charge >= 0.3 is 77.9 Å². The van der Waals surface area contributed by atoms with Gasteiger partial charge in [0, 0.05) is 0 Å². The molecule has 0 aliphatic carbocycles. The Hall–Kier alpha value is -0.477. The molecule has 0 aliphatic rings. The Kier molecular flexibility index (Phi) is 6.90. The number of carboxylic acid groups (broad SMARTS) is 1. The van der Waals surface area contributed by atoms with Gasteiger partial charge in [-0.05, 0) is 0 Å². The van der Waals surface area contributed by atoms with E-state index in [-0.39, 0.29) is 11.0 Å². The van der Waals surface area contributed by atoms with E-state index < -0.39 is 23.3 Å². The normalized spacial score (nSPS) is 8.75. The Labute approximate surface area is 78.3 Å². The second-order valence-electron chi connectivity index (χ2n) is 2.23. The van der Waals surface area contributed by atoms with Crippen LogP contribution in [0.2, 0.25) is 5.02 Å². The number of nitrogens with one attached hydrogen (secondary N) is 1. The SMILES string of the molecule is CC(=O)OCC[NH][Zn][CH2]C(=O)O. The summed E-state index contributed by atoms with van der Waals surface area (Å²) in [5.74, 6) is -1.06. The number of ether oxygens (including phenoxy) is 1. The summed E-state index contributed by atoms with van der Waals surface area (Å²) in [6.07, 6.45) is 0. The van der Waals surface area contributed by atoms with Crippen LogP contribution >= 0.6 is 0 Å². The maximum atomic E-state index is 10.3. The second-order valence-corrected chi connectivity index (χ2v) is 5.38. The summed E-state index contributed by atoms with van der Waals surface area (Å²) < 4.78 is 7.63. The van der Waals surface area contributed by atoms with Crippen LogP contribution in [0.1, 0.15) is 6.92 Å².